The van der Waals surface area contributed by atoms with Crippen LogP contribution in [0.2, 0.25) is 0 Å². The quantitative estimate of drug-likeness (QED) is 0.00914. The summed E-state index contributed by atoms with van der Waals surface area (Å²) in [6.07, 6.45) is 17.1. The molecule has 6 aliphatic rings. The van der Waals surface area contributed by atoms with E-state index in [-0.39, 0.29) is 132 Å². The van der Waals surface area contributed by atoms with Crippen LogP contribution in [0.5, 0.6) is 28.7 Å². The summed E-state index contributed by atoms with van der Waals surface area (Å²) in [5.41, 5.74) is 12.0. The van der Waals surface area contributed by atoms with Gasteiger partial charge in [0.1, 0.15) is 57.8 Å². The third-order valence-electron chi connectivity index (χ3n) is 14.4. The number of ether oxygens (including phenoxy) is 2. The van der Waals surface area contributed by atoms with Crippen LogP contribution in [0, 0.1) is 64.6 Å². The number of hydroxylamine groups is 2. The predicted molar refractivity (Wildman–Crippen MR) is 380 cm³/mol. The number of hydrogen-bond donors (Lipinski definition) is 11. The first-order chi connectivity index (χ1) is 46.2. The molecule has 1 unspecified atom stereocenters. The number of Topliss-reactive ketones (excluding diaryl/α,β-unsaturated/α-hetero) is 2. The van der Waals surface area contributed by atoms with Crippen LogP contribution in [0.3, 0.4) is 0 Å². The molecule has 1 amide bonds. The first-order valence-corrected chi connectivity index (χ1v) is 31.8. The second-order valence-corrected chi connectivity index (χ2v) is 23.4. The Labute approximate surface area is 638 Å². The van der Waals surface area contributed by atoms with E-state index in [1.165, 1.54) is 132 Å². The number of amides is 1. The number of carbonyl (C=O) groups excluding carboxylic acids is 4. The summed E-state index contributed by atoms with van der Waals surface area (Å²) >= 11 is 3.14. The number of oxime groups is 1. The average Bonchev–Trinajstić information content (AvgIpc) is 0.916. The second-order valence-electron chi connectivity index (χ2n) is 22.5. The van der Waals surface area contributed by atoms with Gasteiger partial charge in [-0.2, -0.15) is 0 Å². The van der Waals surface area contributed by atoms with Gasteiger partial charge in [0, 0.05) is 71.5 Å². The van der Waals surface area contributed by atoms with E-state index in [1.807, 2.05) is 0 Å². The van der Waals surface area contributed by atoms with Gasteiger partial charge in [-0.25, -0.2) is 32.9 Å². The van der Waals surface area contributed by atoms with Crippen molar-refractivity contribution in [1.82, 2.24) is 5.06 Å². The molecule has 22 nitrogen and oxygen atoms in total. The van der Waals surface area contributed by atoms with E-state index in [4.69, 9.17) is 55.7 Å². The number of aliphatic hydroxyl groups is 2. The summed E-state index contributed by atoms with van der Waals surface area (Å²) in [6.45, 7) is 0.972. The number of benzene rings is 5. The molecule has 0 spiro atoms. The Morgan fingerprint density at radius 3 is 1.26 bits per heavy atom. The molecule has 5 aromatic rings. The minimum Gasteiger partial charge on any atom is -0.550 e. The first kappa shape index (κ1) is 104. The summed E-state index contributed by atoms with van der Waals surface area (Å²) in [4.78, 5) is 57.8. The number of nitrogens with zero attached hydrogens (tertiary/aromatic N) is 2. The molecule has 0 heterocycles. The number of hydrogen-bond acceptors (Lipinski definition) is 20. The SMILES string of the molecule is CC(=O)[O-].CN.CO.CO.CON(C)C(=O)CC1CC1.COc1ccc(F)cc1Br.COc1ccc(F)cc1C(=O)CC1CC1.Cl.Cl.Cl.NC(CC1CC1)c1cc(F)ccc1O.NO.O=C(CC1CC1)c1cc(F)ccc1O.O=C(O)CC1CC1.ON=C(CC1CC1)c1cc(F)ccc1O.[HH].[Na+]. The van der Waals surface area contributed by atoms with Gasteiger partial charge in [0.05, 0.1) is 42.6 Å². The van der Waals surface area contributed by atoms with Gasteiger partial charge in [-0.3, -0.25) is 24.0 Å². The third kappa shape index (κ3) is 47.8. The molecule has 32 heteroatoms. The van der Waals surface area contributed by atoms with E-state index < -0.39 is 29.4 Å². The summed E-state index contributed by atoms with van der Waals surface area (Å²) in [7, 11) is 9.68. The molecule has 0 aromatic heterocycles. The number of aliphatic hydroxyl groups excluding tert-OH is 2. The fourth-order valence-corrected chi connectivity index (χ4v) is 8.74. The predicted octanol–water partition coefficient (Wildman–Crippen LogP) is 9.84. The van der Waals surface area contributed by atoms with E-state index in [1.54, 1.807) is 13.1 Å². The number of phenolic OH excluding ortho intramolecular Hbond substituents is 3. The van der Waals surface area contributed by atoms with Crippen molar-refractivity contribution in [3.8, 4) is 28.7 Å². The van der Waals surface area contributed by atoms with E-state index in [9.17, 15) is 56.4 Å². The van der Waals surface area contributed by atoms with Crippen LogP contribution in [0.1, 0.15) is 162 Å². The summed E-state index contributed by atoms with van der Waals surface area (Å²) < 4.78 is 74.6. The third-order valence-corrected chi connectivity index (χ3v) is 15.0. The smallest absolute Gasteiger partial charge is 0.550 e. The molecule has 6 fully saturated rings. The Hall–Kier alpha value is -5.96. The fourth-order valence-electron chi connectivity index (χ4n) is 8.23. The Morgan fingerprint density at radius 1 is 0.554 bits per heavy atom. The number of aromatic hydroxyl groups is 3. The molecule has 0 saturated heterocycles. The number of carboxylic acids is 2. The van der Waals surface area contributed by atoms with Gasteiger partial charge in [0.2, 0.25) is 5.91 Å². The average molecular weight is 1580 g/mol. The number of carboxylic acid groups (broad SMARTS) is 2. The van der Waals surface area contributed by atoms with Crippen molar-refractivity contribution in [3.05, 3.63) is 147 Å². The van der Waals surface area contributed by atoms with E-state index in [0.29, 0.717) is 100 Å². The molecule has 0 bridgehead atoms. The Balaban J connectivity index is -0.000000257. The van der Waals surface area contributed by atoms with Crippen LogP contribution < -0.4 is 61.5 Å². The number of ketones is 2. The van der Waals surface area contributed by atoms with Gasteiger partial charge in [0.15, 0.2) is 11.6 Å². The molecule has 101 heavy (non-hydrogen) atoms. The van der Waals surface area contributed by atoms with Crippen LogP contribution in [-0.2, 0) is 19.2 Å². The van der Waals surface area contributed by atoms with Gasteiger partial charge in [-0.05, 0) is 233 Å². The van der Waals surface area contributed by atoms with Crippen molar-refractivity contribution in [2.45, 2.75) is 129 Å². The van der Waals surface area contributed by atoms with Gasteiger partial charge in [-0.1, -0.05) is 18.0 Å². The molecule has 568 valence electrons. The number of nitrogens with two attached hydrogens (primary N) is 3. The van der Waals surface area contributed by atoms with E-state index >= 15 is 0 Å². The van der Waals surface area contributed by atoms with Crippen molar-refractivity contribution >= 4 is 88.3 Å². The normalized spacial score (nSPS) is 13.8. The van der Waals surface area contributed by atoms with Crippen LogP contribution in [0.4, 0.5) is 22.0 Å². The second kappa shape index (κ2) is 58.4. The van der Waals surface area contributed by atoms with Crippen molar-refractivity contribution in [1.29, 1.82) is 0 Å². The Kier molecular flexibility index (Phi) is 60.0. The molecule has 0 aliphatic heterocycles. The maximum absolute atomic E-state index is 13.0. The van der Waals surface area contributed by atoms with Crippen LogP contribution in [0.15, 0.2) is 101 Å². The minimum atomic E-state index is -1.08. The summed E-state index contributed by atoms with van der Waals surface area (Å²) in [5.74, 6) is 4.06. The number of aliphatic carboxylic acids is 2. The molecule has 14 N–H and O–H groups in total. The van der Waals surface area contributed by atoms with E-state index in [0.717, 1.165) is 91.1 Å². The Bertz CT molecular complexity index is 3200. The number of methoxy groups -OCH3 is 2. The summed E-state index contributed by atoms with van der Waals surface area (Å²) in [6, 6.07) is 19.1. The zero-order valence-electron chi connectivity index (χ0n) is 58.3. The van der Waals surface area contributed by atoms with Crippen molar-refractivity contribution in [2.24, 2.45) is 58.0 Å². The van der Waals surface area contributed by atoms with Gasteiger partial charge in [-0.15, -0.1) is 37.2 Å². The van der Waals surface area contributed by atoms with Crippen LogP contribution in [0.25, 0.3) is 0 Å². The molecule has 6 aliphatic carbocycles. The first-order valence-electron chi connectivity index (χ1n) is 31.0. The molecule has 1 atom stereocenters. The molecular weight excluding hydrogens is 1480 g/mol. The van der Waals surface area contributed by atoms with Crippen molar-refractivity contribution in [3.63, 3.8) is 0 Å². The van der Waals surface area contributed by atoms with Crippen molar-refractivity contribution < 1.29 is 137 Å². The standard InChI is InChI=1S/C12H13FO2.C11H12FNO2.C11H14FNO.C11H11FO2.C7H6BrFO.C7H13NO2.C5H8O2.C2H4O2.CH5N.2CH4O.3ClH.H3NO.Na.H2/c1-15-12-5-4-9(13)7-10(12)11(14)6-8-2-3-8;12-8-3-4-11(14)9(6-8)10(13-15)5-7-1-2-7;12-8-3-4-11(14)9(6-8)10(13)5-7-1-2-7;12-8-3-4-10(13)9(6-8)11(14)5-7-1-2-7;1-10-7-3-2-5(9)4-6(7)8;1-8(10-2)7(9)5-6-3-4-6;6-5(7)3-4-1-2-4;1-2(3)4;3*1-2;;;;1-2;;/h4-5,7-8H,2-3,6H2,1H3;3-4,6-7,14-15H,1-2,5H2;3-4,6-7,10,14H,1-2,5,13H2;3-4,6-7,13H,1-2,5H2;2-4H,1H3;6H,3-5H2,1-2H3;4H,1-3H2,(H,6,7);1H3,(H,3,4);2H2,1H3;2*2H,1H3;3*1H;2H,1H2;;1H/q;;;;;;;;;;;;;;;+1;/p-1. The molecule has 5 aromatic carbocycles. The Morgan fingerprint density at radius 2 is 0.881 bits per heavy atom. The number of phenols is 3. The number of halogens is 9. The molecule has 11 rings (SSSR count). The van der Waals surface area contributed by atoms with Crippen molar-refractivity contribution in [2.75, 3.05) is 49.6 Å². The fraction of sp³-hybridized carbons (Fsp3) is 0.478. The number of rotatable bonds is 19. The molecule has 6 saturated carbocycles. The minimum absolute atomic E-state index is 0. The number of carbonyl (C=O) groups is 5. The van der Waals surface area contributed by atoms with E-state index in [2.05, 4.69) is 32.7 Å². The maximum atomic E-state index is 13.0. The zero-order valence-corrected chi connectivity index (χ0v) is 64.3. The van der Waals surface area contributed by atoms with Gasteiger partial charge in [0.25, 0.3) is 0 Å². The topological polar surface area (TPSA) is 392 Å². The molecule has 0 radical (unpaired) electrons. The summed E-state index contributed by atoms with van der Waals surface area (Å²) in [5, 5.41) is 79.1. The van der Waals surface area contributed by atoms with Gasteiger partial charge < -0.3 is 71.9 Å². The molecular formula is C69H101BrCl3F5N5NaO17. The maximum Gasteiger partial charge on any atom is 1.00 e. The van der Waals surface area contributed by atoms with Crippen LogP contribution in [-0.4, -0.2) is 131 Å². The zero-order chi connectivity index (χ0) is 73.9. The van der Waals surface area contributed by atoms with Gasteiger partial charge >= 0.3 is 35.5 Å². The monoisotopic (exact) mass is 1570 g/mol. The van der Waals surface area contributed by atoms with Crippen LogP contribution >= 0.6 is 53.2 Å². The largest absolute Gasteiger partial charge is 1.00 e.